The number of rotatable bonds is 3. The summed E-state index contributed by atoms with van der Waals surface area (Å²) in [6.45, 7) is 1.72. The van der Waals surface area contributed by atoms with Crippen LogP contribution in [-0.4, -0.2) is 24.3 Å². The molecule has 0 radical (unpaired) electrons. The number of allylic oxidation sites excluding steroid dienone is 1. The molecule has 1 aliphatic carbocycles. The first-order valence-electron chi connectivity index (χ1n) is 10.9. The monoisotopic (exact) mass is 497 g/mol. The normalized spacial score (nSPS) is 21.6. The van der Waals surface area contributed by atoms with Gasteiger partial charge in [-0.15, -0.1) is 0 Å². The zero-order chi connectivity index (χ0) is 24.2. The van der Waals surface area contributed by atoms with E-state index in [1.54, 1.807) is 54.3 Å². The van der Waals surface area contributed by atoms with Gasteiger partial charge in [-0.25, -0.2) is 4.79 Å². The number of carbonyl (C=O) groups is 3. The Bertz CT molecular complexity index is 1330. The van der Waals surface area contributed by atoms with Crippen molar-refractivity contribution in [2.24, 2.45) is 5.73 Å². The lowest BCUT2D eigenvalue weighted by atomic mass is 9.63. The van der Waals surface area contributed by atoms with Crippen LogP contribution in [0.15, 0.2) is 65.1 Å². The molecule has 0 bridgehead atoms. The molecule has 174 valence electrons. The van der Waals surface area contributed by atoms with E-state index in [9.17, 15) is 14.4 Å². The molecule has 7 nitrogen and oxygen atoms in total. The summed E-state index contributed by atoms with van der Waals surface area (Å²) in [6, 6.07) is 11.9. The van der Waals surface area contributed by atoms with Crippen molar-refractivity contribution in [1.29, 1.82) is 0 Å². The summed E-state index contributed by atoms with van der Waals surface area (Å²) in [7, 11) is 0. The highest BCUT2D eigenvalue weighted by atomic mass is 35.5. The number of nitrogens with one attached hydrogen (secondary N) is 1. The summed E-state index contributed by atoms with van der Waals surface area (Å²) >= 11 is 12.8. The maximum atomic E-state index is 13.8. The second kappa shape index (κ2) is 8.18. The summed E-state index contributed by atoms with van der Waals surface area (Å²) in [5.41, 5.74) is 7.04. The molecule has 2 heterocycles. The number of nitrogens with two attached hydrogens (primary N) is 1. The van der Waals surface area contributed by atoms with E-state index in [1.165, 1.54) is 0 Å². The Morgan fingerprint density at radius 2 is 1.94 bits per heavy atom. The van der Waals surface area contributed by atoms with Gasteiger partial charge in [0.1, 0.15) is 16.8 Å². The standard InChI is InChI=1S/C25H21Cl2N3O4/c1-2-34-23(32)21-22(28)30(18-12-13(26)10-11-15(18)27)17-8-5-9-19(31)20(17)25(21)14-6-3-4-7-16(14)29-24(25)33/h3-4,6-7,10-12H,2,5,8-9,28H2,1H3,(H,29,33). The molecule has 0 aromatic heterocycles. The Hall–Kier alpha value is -3.29. The lowest BCUT2D eigenvalue weighted by molar-refractivity contribution is -0.140. The van der Waals surface area contributed by atoms with Crippen LogP contribution in [0.3, 0.4) is 0 Å². The molecule has 2 aromatic carbocycles. The van der Waals surface area contributed by atoms with Crippen LogP contribution in [0.25, 0.3) is 0 Å². The fraction of sp³-hybridized carbons (Fsp3) is 0.240. The number of fused-ring (bicyclic) bond motifs is 3. The summed E-state index contributed by atoms with van der Waals surface area (Å²) in [6.07, 6.45) is 1.26. The Labute approximate surface area is 206 Å². The minimum atomic E-state index is -1.72. The molecule has 1 spiro atoms. The van der Waals surface area contributed by atoms with Crippen LogP contribution in [0, 0.1) is 0 Å². The highest BCUT2D eigenvalue weighted by Gasteiger charge is 2.62. The minimum absolute atomic E-state index is 0.0251. The fourth-order valence-corrected chi connectivity index (χ4v) is 5.57. The third-order valence-corrected chi connectivity index (χ3v) is 7.01. The lowest BCUT2D eigenvalue weighted by Gasteiger charge is -2.44. The van der Waals surface area contributed by atoms with Crippen LogP contribution >= 0.6 is 23.2 Å². The number of benzene rings is 2. The number of esters is 1. The van der Waals surface area contributed by atoms with Gasteiger partial charge in [0, 0.05) is 34.0 Å². The van der Waals surface area contributed by atoms with Gasteiger partial charge in [-0.3, -0.25) is 14.5 Å². The second-order valence-electron chi connectivity index (χ2n) is 8.26. The molecule has 3 aliphatic rings. The molecule has 5 rings (SSSR count). The molecule has 1 atom stereocenters. The molecule has 34 heavy (non-hydrogen) atoms. The van der Waals surface area contributed by atoms with E-state index in [0.717, 1.165) is 0 Å². The smallest absolute Gasteiger partial charge is 0.339 e. The topological polar surface area (TPSA) is 102 Å². The first-order valence-corrected chi connectivity index (χ1v) is 11.7. The highest BCUT2D eigenvalue weighted by Crippen LogP contribution is 2.56. The zero-order valence-corrected chi connectivity index (χ0v) is 19.8. The number of hydrogen-bond donors (Lipinski definition) is 2. The van der Waals surface area contributed by atoms with Gasteiger partial charge in [0.2, 0.25) is 5.91 Å². The number of amides is 1. The number of anilines is 2. The quantitative estimate of drug-likeness (QED) is 0.607. The van der Waals surface area contributed by atoms with Crippen LogP contribution in [0.5, 0.6) is 0 Å². The molecule has 1 amide bonds. The van der Waals surface area contributed by atoms with E-state index in [4.69, 9.17) is 33.7 Å². The van der Waals surface area contributed by atoms with Crippen molar-refractivity contribution < 1.29 is 19.1 Å². The van der Waals surface area contributed by atoms with Crippen LogP contribution in [0.2, 0.25) is 10.0 Å². The lowest BCUT2D eigenvalue weighted by Crippen LogP contribution is -2.53. The molecule has 3 N–H and O–H groups in total. The predicted octanol–water partition coefficient (Wildman–Crippen LogP) is 4.44. The maximum absolute atomic E-state index is 13.8. The van der Waals surface area contributed by atoms with Crippen LogP contribution in [0.4, 0.5) is 11.4 Å². The van der Waals surface area contributed by atoms with E-state index >= 15 is 0 Å². The Morgan fingerprint density at radius 1 is 1.18 bits per heavy atom. The first kappa shape index (κ1) is 22.5. The van der Waals surface area contributed by atoms with Crippen LogP contribution in [-0.2, 0) is 24.5 Å². The number of para-hydroxylation sites is 1. The van der Waals surface area contributed by atoms with Gasteiger partial charge in [-0.05, 0) is 44.0 Å². The Kier molecular flexibility index (Phi) is 5.41. The van der Waals surface area contributed by atoms with E-state index in [-0.39, 0.29) is 35.8 Å². The van der Waals surface area contributed by atoms with Crippen molar-refractivity contribution in [2.45, 2.75) is 31.6 Å². The van der Waals surface area contributed by atoms with Crippen LogP contribution in [0.1, 0.15) is 31.7 Å². The zero-order valence-electron chi connectivity index (χ0n) is 18.3. The van der Waals surface area contributed by atoms with E-state index in [0.29, 0.717) is 45.5 Å². The van der Waals surface area contributed by atoms with Crippen molar-refractivity contribution in [3.8, 4) is 0 Å². The Balaban J connectivity index is 1.92. The molecule has 0 fully saturated rings. The van der Waals surface area contributed by atoms with Crippen molar-refractivity contribution in [3.63, 3.8) is 0 Å². The molecule has 9 heteroatoms. The van der Waals surface area contributed by atoms with E-state index in [1.807, 2.05) is 0 Å². The van der Waals surface area contributed by atoms with Gasteiger partial charge in [0.05, 0.1) is 17.3 Å². The number of halogens is 2. The number of Topliss-reactive ketones (excluding diaryl/α,β-unsaturated/α-hetero) is 1. The van der Waals surface area contributed by atoms with E-state index < -0.39 is 17.3 Å². The number of ether oxygens (including phenoxy) is 1. The highest BCUT2D eigenvalue weighted by molar-refractivity contribution is 6.35. The van der Waals surface area contributed by atoms with Crippen molar-refractivity contribution in [2.75, 3.05) is 16.8 Å². The maximum Gasteiger partial charge on any atom is 0.339 e. The summed E-state index contributed by atoms with van der Waals surface area (Å²) in [5.74, 6) is -1.55. The summed E-state index contributed by atoms with van der Waals surface area (Å²) < 4.78 is 5.38. The van der Waals surface area contributed by atoms with Crippen molar-refractivity contribution >= 4 is 52.2 Å². The van der Waals surface area contributed by atoms with Gasteiger partial charge in [0.15, 0.2) is 5.78 Å². The summed E-state index contributed by atoms with van der Waals surface area (Å²) in [4.78, 5) is 42.4. The SMILES string of the molecule is CCOC(=O)C1=C(N)N(c2cc(Cl)ccc2Cl)C2=C(C(=O)CCC2)C12C(=O)Nc1ccccc12. The number of ketones is 1. The average Bonchev–Trinajstić information content (AvgIpc) is 3.08. The molecular weight excluding hydrogens is 477 g/mol. The van der Waals surface area contributed by atoms with E-state index in [2.05, 4.69) is 5.32 Å². The molecule has 1 unspecified atom stereocenters. The number of hydrogen-bond acceptors (Lipinski definition) is 6. The molecule has 2 aromatic rings. The summed E-state index contributed by atoms with van der Waals surface area (Å²) in [5, 5.41) is 3.57. The molecule has 0 saturated carbocycles. The molecule has 2 aliphatic heterocycles. The van der Waals surface area contributed by atoms with Gasteiger partial charge >= 0.3 is 5.97 Å². The average molecular weight is 498 g/mol. The van der Waals surface area contributed by atoms with Crippen molar-refractivity contribution in [3.05, 3.63) is 80.7 Å². The molecular formula is C25H21Cl2N3O4. The Morgan fingerprint density at radius 3 is 2.71 bits per heavy atom. The molecule has 0 saturated heterocycles. The first-order chi connectivity index (χ1) is 16.3. The van der Waals surface area contributed by atoms with Crippen molar-refractivity contribution in [1.82, 2.24) is 0 Å². The van der Waals surface area contributed by atoms with Gasteiger partial charge in [-0.1, -0.05) is 41.4 Å². The fourth-order valence-electron chi connectivity index (χ4n) is 5.20. The minimum Gasteiger partial charge on any atom is -0.462 e. The largest absolute Gasteiger partial charge is 0.462 e. The third kappa shape index (κ3) is 3.00. The number of carbonyl (C=O) groups excluding carboxylic acids is 3. The second-order valence-corrected chi connectivity index (χ2v) is 9.10. The van der Waals surface area contributed by atoms with Gasteiger partial charge < -0.3 is 15.8 Å². The van der Waals surface area contributed by atoms with Gasteiger partial charge in [-0.2, -0.15) is 0 Å². The van der Waals surface area contributed by atoms with Crippen LogP contribution < -0.4 is 16.0 Å². The third-order valence-electron chi connectivity index (χ3n) is 6.45. The predicted molar refractivity (Wildman–Crippen MR) is 129 cm³/mol. The number of nitrogens with zero attached hydrogens (tertiary/aromatic N) is 1. The van der Waals surface area contributed by atoms with Gasteiger partial charge in [0.25, 0.3) is 0 Å².